The van der Waals surface area contributed by atoms with E-state index in [-0.39, 0.29) is 4.90 Å². The standard InChI is InChI=1S/C16H15BrN4O2S/c1-11-18-16(20-19-11)15(12-7-3-2-4-8-12)21-24(22,23)14-10-6-5-9-13(14)17/h2-10,15,21H,1H3,(H,18,19,20). The van der Waals surface area contributed by atoms with E-state index in [0.717, 1.165) is 5.56 Å². The monoisotopic (exact) mass is 406 g/mol. The molecule has 0 spiro atoms. The Morgan fingerprint density at radius 2 is 1.75 bits per heavy atom. The molecular weight excluding hydrogens is 392 g/mol. The van der Waals surface area contributed by atoms with Gasteiger partial charge in [-0.2, -0.15) is 9.82 Å². The molecule has 0 aliphatic heterocycles. The van der Waals surface area contributed by atoms with E-state index in [2.05, 4.69) is 35.8 Å². The molecule has 2 aromatic carbocycles. The molecule has 24 heavy (non-hydrogen) atoms. The molecule has 6 nitrogen and oxygen atoms in total. The molecule has 0 radical (unpaired) electrons. The van der Waals surface area contributed by atoms with Crippen LogP contribution in [0.1, 0.15) is 23.3 Å². The highest BCUT2D eigenvalue weighted by atomic mass is 79.9. The second-order valence-electron chi connectivity index (χ2n) is 5.17. The lowest BCUT2D eigenvalue weighted by Crippen LogP contribution is -2.30. The van der Waals surface area contributed by atoms with Crippen LogP contribution in [0.4, 0.5) is 0 Å². The Morgan fingerprint density at radius 3 is 2.38 bits per heavy atom. The predicted octanol–water partition coefficient (Wildman–Crippen LogP) is 2.94. The van der Waals surface area contributed by atoms with Crippen molar-refractivity contribution in [3.8, 4) is 0 Å². The maximum absolute atomic E-state index is 12.8. The van der Waals surface area contributed by atoms with Crippen molar-refractivity contribution >= 4 is 26.0 Å². The summed E-state index contributed by atoms with van der Waals surface area (Å²) in [6, 6.07) is 15.2. The molecule has 0 aliphatic carbocycles. The van der Waals surface area contributed by atoms with Gasteiger partial charge in [0.2, 0.25) is 10.0 Å². The smallest absolute Gasteiger partial charge is 0.242 e. The summed E-state index contributed by atoms with van der Waals surface area (Å²) in [5.74, 6) is 0.986. The predicted molar refractivity (Wildman–Crippen MR) is 93.9 cm³/mol. The Kier molecular flexibility index (Phi) is 4.79. The Balaban J connectivity index is 2.03. The van der Waals surface area contributed by atoms with Crippen molar-refractivity contribution in [2.24, 2.45) is 0 Å². The zero-order valence-electron chi connectivity index (χ0n) is 12.8. The molecule has 2 N–H and O–H groups in total. The lowest BCUT2D eigenvalue weighted by atomic mass is 10.1. The van der Waals surface area contributed by atoms with Gasteiger partial charge < -0.3 is 0 Å². The molecule has 1 heterocycles. The molecule has 0 saturated heterocycles. The van der Waals surface area contributed by atoms with E-state index < -0.39 is 16.1 Å². The summed E-state index contributed by atoms with van der Waals surface area (Å²) in [5.41, 5.74) is 0.757. The number of rotatable bonds is 5. The largest absolute Gasteiger partial charge is 0.263 e. The molecule has 124 valence electrons. The van der Waals surface area contributed by atoms with Gasteiger partial charge in [0.05, 0.1) is 4.90 Å². The Hall–Kier alpha value is -2.03. The normalized spacial score (nSPS) is 12.9. The summed E-state index contributed by atoms with van der Waals surface area (Å²) in [4.78, 5) is 4.45. The van der Waals surface area contributed by atoms with Gasteiger partial charge in [0.25, 0.3) is 0 Å². The Labute approximate surface area is 148 Å². The summed E-state index contributed by atoms with van der Waals surface area (Å²) in [7, 11) is -3.77. The van der Waals surface area contributed by atoms with E-state index in [9.17, 15) is 8.42 Å². The number of benzene rings is 2. The highest BCUT2D eigenvalue weighted by molar-refractivity contribution is 9.10. The molecule has 0 aliphatic rings. The number of hydrogen-bond acceptors (Lipinski definition) is 4. The third-order valence-electron chi connectivity index (χ3n) is 3.40. The van der Waals surface area contributed by atoms with Crippen molar-refractivity contribution < 1.29 is 8.42 Å². The first-order chi connectivity index (χ1) is 11.5. The van der Waals surface area contributed by atoms with Crippen LogP contribution in [0, 0.1) is 6.92 Å². The van der Waals surface area contributed by atoms with E-state index in [4.69, 9.17) is 0 Å². The van der Waals surface area contributed by atoms with Crippen LogP contribution in [-0.2, 0) is 10.0 Å². The zero-order chi connectivity index (χ0) is 17.2. The van der Waals surface area contributed by atoms with Gasteiger partial charge in [0.1, 0.15) is 11.9 Å². The van der Waals surface area contributed by atoms with Gasteiger partial charge in [-0.25, -0.2) is 13.4 Å². The molecule has 3 aromatic rings. The number of aromatic nitrogens is 3. The summed E-state index contributed by atoms with van der Waals surface area (Å²) in [6.45, 7) is 1.76. The van der Waals surface area contributed by atoms with Crippen molar-refractivity contribution in [1.82, 2.24) is 19.9 Å². The van der Waals surface area contributed by atoms with Gasteiger partial charge in [-0.3, -0.25) is 5.10 Å². The van der Waals surface area contributed by atoms with Crippen LogP contribution in [0.15, 0.2) is 64.0 Å². The number of sulfonamides is 1. The average Bonchev–Trinajstić information content (AvgIpc) is 3.00. The first-order valence-corrected chi connectivity index (χ1v) is 9.46. The van der Waals surface area contributed by atoms with Crippen LogP contribution in [0.5, 0.6) is 0 Å². The van der Waals surface area contributed by atoms with E-state index in [1.165, 1.54) is 6.07 Å². The van der Waals surface area contributed by atoms with E-state index >= 15 is 0 Å². The van der Waals surface area contributed by atoms with Crippen molar-refractivity contribution in [2.75, 3.05) is 0 Å². The topological polar surface area (TPSA) is 87.7 Å². The summed E-state index contributed by atoms with van der Waals surface area (Å²) in [6.07, 6.45) is 0. The zero-order valence-corrected chi connectivity index (χ0v) is 15.2. The fourth-order valence-electron chi connectivity index (χ4n) is 2.29. The Morgan fingerprint density at radius 1 is 1.08 bits per heavy atom. The van der Waals surface area contributed by atoms with Crippen LogP contribution >= 0.6 is 15.9 Å². The second kappa shape index (κ2) is 6.84. The number of hydrogen-bond donors (Lipinski definition) is 2. The molecule has 0 amide bonds. The van der Waals surface area contributed by atoms with E-state index in [0.29, 0.717) is 16.1 Å². The number of nitrogens with zero attached hydrogens (tertiary/aromatic N) is 2. The highest BCUT2D eigenvalue weighted by Crippen LogP contribution is 2.25. The fraction of sp³-hybridized carbons (Fsp3) is 0.125. The highest BCUT2D eigenvalue weighted by Gasteiger charge is 2.26. The molecule has 3 rings (SSSR count). The van der Waals surface area contributed by atoms with Crippen LogP contribution in [0.2, 0.25) is 0 Å². The lowest BCUT2D eigenvalue weighted by Gasteiger charge is -2.17. The maximum Gasteiger partial charge on any atom is 0.242 e. The van der Waals surface area contributed by atoms with E-state index in [1.807, 2.05) is 30.3 Å². The molecule has 1 aromatic heterocycles. The number of aromatic amines is 1. The van der Waals surface area contributed by atoms with Gasteiger partial charge in [-0.05, 0) is 40.5 Å². The van der Waals surface area contributed by atoms with Crippen molar-refractivity contribution in [3.63, 3.8) is 0 Å². The fourth-order valence-corrected chi connectivity index (χ4v) is 4.47. The van der Waals surface area contributed by atoms with E-state index in [1.54, 1.807) is 25.1 Å². The second-order valence-corrected chi connectivity index (χ2v) is 7.71. The minimum atomic E-state index is -3.77. The molecule has 0 saturated carbocycles. The average molecular weight is 407 g/mol. The number of nitrogens with one attached hydrogen (secondary N) is 2. The van der Waals surface area contributed by atoms with Gasteiger partial charge >= 0.3 is 0 Å². The first-order valence-electron chi connectivity index (χ1n) is 7.18. The molecular formula is C16H15BrN4O2S. The lowest BCUT2D eigenvalue weighted by molar-refractivity contribution is 0.567. The minimum Gasteiger partial charge on any atom is -0.263 e. The summed E-state index contributed by atoms with van der Waals surface area (Å²) >= 11 is 3.28. The van der Waals surface area contributed by atoms with Crippen molar-refractivity contribution in [2.45, 2.75) is 17.9 Å². The number of aryl methyl sites for hydroxylation is 1. The number of halogens is 1. The van der Waals surface area contributed by atoms with Crippen LogP contribution < -0.4 is 4.72 Å². The summed E-state index contributed by atoms with van der Waals surface area (Å²) < 4.78 is 28.8. The molecule has 8 heteroatoms. The molecule has 1 unspecified atom stereocenters. The third-order valence-corrected chi connectivity index (χ3v) is 5.84. The minimum absolute atomic E-state index is 0.165. The maximum atomic E-state index is 12.8. The van der Waals surface area contributed by atoms with Gasteiger partial charge in [0.15, 0.2) is 5.82 Å². The van der Waals surface area contributed by atoms with Crippen LogP contribution in [-0.4, -0.2) is 23.6 Å². The molecule has 0 bridgehead atoms. The third kappa shape index (κ3) is 3.55. The molecule has 0 fully saturated rings. The van der Waals surface area contributed by atoms with Crippen molar-refractivity contribution in [3.05, 3.63) is 76.3 Å². The molecule has 1 atom stereocenters. The van der Waals surface area contributed by atoms with Crippen LogP contribution in [0.3, 0.4) is 0 Å². The van der Waals surface area contributed by atoms with Gasteiger partial charge in [-0.1, -0.05) is 42.5 Å². The quantitative estimate of drug-likeness (QED) is 0.681. The van der Waals surface area contributed by atoms with Gasteiger partial charge in [-0.15, -0.1) is 0 Å². The Bertz CT molecular complexity index is 941. The summed E-state index contributed by atoms with van der Waals surface area (Å²) in [5, 5.41) is 6.87. The first kappa shape index (κ1) is 16.8. The SMILES string of the molecule is Cc1nc(C(NS(=O)(=O)c2ccccc2Br)c2ccccc2)n[nH]1. The van der Waals surface area contributed by atoms with Crippen LogP contribution in [0.25, 0.3) is 0 Å². The van der Waals surface area contributed by atoms with Crippen molar-refractivity contribution in [1.29, 1.82) is 0 Å². The van der Waals surface area contributed by atoms with Gasteiger partial charge in [0, 0.05) is 4.47 Å². The number of H-pyrrole nitrogens is 1.